The third-order valence-corrected chi connectivity index (χ3v) is 8.59. The maximum absolute atomic E-state index is 11.3. The van der Waals surface area contributed by atoms with E-state index in [1.165, 1.54) is 15.8 Å². The summed E-state index contributed by atoms with van der Waals surface area (Å²) in [6.45, 7) is 2.19. The van der Waals surface area contributed by atoms with E-state index in [1.54, 1.807) is 37.7 Å². The van der Waals surface area contributed by atoms with Crippen LogP contribution >= 0.6 is 31.7 Å². The lowest BCUT2D eigenvalue weighted by molar-refractivity contribution is 0.0697. The van der Waals surface area contributed by atoms with E-state index in [4.69, 9.17) is 9.47 Å². The number of carboxylic acid groups (broad SMARTS) is 1. The summed E-state index contributed by atoms with van der Waals surface area (Å²) in [5, 5.41) is 10.6. The van der Waals surface area contributed by atoms with Gasteiger partial charge in [0.1, 0.15) is 0 Å². The second-order valence-corrected chi connectivity index (χ2v) is 10.7. The van der Waals surface area contributed by atoms with Gasteiger partial charge in [0.15, 0.2) is 11.5 Å². The van der Waals surface area contributed by atoms with Gasteiger partial charge in [0.25, 0.3) is 0 Å². The number of ether oxygens (including phenoxy) is 2. The molecule has 1 heterocycles. The van der Waals surface area contributed by atoms with Crippen LogP contribution in [0.5, 0.6) is 11.5 Å². The molecular formula is C27H25O4PS2. The number of rotatable bonds is 9. The molecule has 34 heavy (non-hydrogen) atoms. The fourth-order valence-electron chi connectivity index (χ4n) is 3.58. The number of carbonyl (C=O) groups is 1. The van der Waals surface area contributed by atoms with Crippen molar-refractivity contribution in [2.75, 3.05) is 20.9 Å². The molecule has 4 aromatic rings. The number of methoxy groups -OCH3 is 2. The van der Waals surface area contributed by atoms with Gasteiger partial charge in [0, 0.05) is 20.4 Å². The molecule has 4 rings (SSSR count). The number of thiophene rings is 1. The number of hydrogen-bond acceptors (Lipinski definition) is 5. The molecule has 0 fully saturated rings. The molecule has 0 amide bonds. The van der Waals surface area contributed by atoms with Crippen LogP contribution in [0.15, 0.2) is 77.7 Å². The number of hydrogen-bond donors (Lipinski definition) is 1. The van der Waals surface area contributed by atoms with Gasteiger partial charge < -0.3 is 14.6 Å². The maximum atomic E-state index is 11.3. The molecule has 1 atom stereocenters. The van der Waals surface area contributed by atoms with E-state index in [-0.39, 0.29) is 5.56 Å². The summed E-state index contributed by atoms with van der Waals surface area (Å²) in [6.07, 6.45) is 0. The lowest BCUT2D eigenvalue weighted by Gasteiger charge is -2.08. The fraction of sp³-hybridized carbons (Fsp3) is 0.148. The molecule has 174 valence electrons. The lowest BCUT2D eigenvalue weighted by Crippen LogP contribution is -1.95. The molecule has 0 bridgehead atoms. The van der Waals surface area contributed by atoms with Crippen molar-refractivity contribution in [2.45, 2.75) is 10.6 Å². The zero-order valence-electron chi connectivity index (χ0n) is 19.1. The highest BCUT2D eigenvalue weighted by Gasteiger charge is 2.15. The van der Waals surface area contributed by atoms with Crippen LogP contribution < -0.4 is 14.8 Å². The largest absolute Gasteiger partial charge is 0.493 e. The van der Waals surface area contributed by atoms with Gasteiger partial charge in [-0.2, -0.15) is 0 Å². The number of aromatic carboxylic acids is 1. The average Bonchev–Trinajstić information content (AvgIpc) is 3.31. The Balaban J connectivity index is 1.72. The molecule has 0 saturated heterocycles. The molecule has 0 aliphatic carbocycles. The first-order valence-corrected chi connectivity index (χ1v) is 13.9. The quantitative estimate of drug-likeness (QED) is 0.194. The van der Waals surface area contributed by atoms with Gasteiger partial charge >= 0.3 is 5.97 Å². The second kappa shape index (κ2) is 11.1. The lowest BCUT2D eigenvalue weighted by atomic mass is 10.1. The molecule has 1 unspecified atom stereocenters. The van der Waals surface area contributed by atoms with Gasteiger partial charge in [-0.15, -0.1) is 23.1 Å². The molecule has 3 aromatic carbocycles. The molecule has 0 aliphatic rings. The van der Waals surface area contributed by atoms with Crippen molar-refractivity contribution in [3.8, 4) is 32.4 Å². The maximum Gasteiger partial charge on any atom is 0.335 e. The summed E-state index contributed by atoms with van der Waals surface area (Å²) in [5.41, 5.74) is 3.57. The summed E-state index contributed by atoms with van der Waals surface area (Å²) in [4.78, 5) is 14.8. The smallest absolute Gasteiger partial charge is 0.335 e. The zero-order chi connectivity index (χ0) is 24.1. The SMILES string of the molecule is COc1ccc(-c2cc(CSc3cccc(PC)c3)c(-c3ccc(C(=O)O)cc3)s2)cc1OC. The Bertz CT molecular complexity index is 1300. The Labute approximate surface area is 209 Å². The van der Waals surface area contributed by atoms with E-state index in [0.717, 1.165) is 35.2 Å². The highest BCUT2D eigenvalue weighted by Crippen LogP contribution is 2.42. The Kier molecular flexibility index (Phi) is 7.94. The van der Waals surface area contributed by atoms with Crippen LogP contribution in [0.25, 0.3) is 20.9 Å². The Morgan fingerprint density at radius 3 is 2.35 bits per heavy atom. The Morgan fingerprint density at radius 2 is 1.68 bits per heavy atom. The highest BCUT2D eigenvalue weighted by molar-refractivity contribution is 7.98. The first kappa shape index (κ1) is 24.3. The van der Waals surface area contributed by atoms with Crippen molar-refractivity contribution in [1.82, 2.24) is 0 Å². The second-order valence-electron chi connectivity index (χ2n) is 7.48. The normalized spacial score (nSPS) is 11.1. The van der Waals surface area contributed by atoms with Gasteiger partial charge in [0.05, 0.1) is 19.8 Å². The average molecular weight is 509 g/mol. The molecule has 0 aliphatic heterocycles. The molecule has 4 nitrogen and oxygen atoms in total. The van der Waals surface area contributed by atoms with E-state index in [1.807, 2.05) is 42.1 Å². The van der Waals surface area contributed by atoms with Crippen LogP contribution in [0.4, 0.5) is 0 Å². The summed E-state index contributed by atoms with van der Waals surface area (Å²) in [5.74, 6) is 1.28. The van der Waals surface area contributed by atoms with Crippen LogP contribution in [0.1, 0.15) is 15.9 Å². The van der Waals surface area contributed by atoms with Crippen LogP contribution in [-0.4, -0.2) is 32.0 Å². The van der Waals surface area contributed by atoms with Crippen molar-refractivity contribution in [3.63, 3.8) is 0 Å². The minimum Gasteiger partial charge on any atom is -0.493 e. The van der Waals surface area contributed by atoms with Gasteiger partial charge in [-0.25, -0.2) is 4.79 Å². The molecule has 1 N–H and O–H groups in total. The molecule has 7 heteroatoms. The minimum atomic E-state index is -0.920. The Hall–Kier alpha value is -2.79. The fourth-order valence-corrected chi connectivity index (χ4v) is 6.45. The van der Waals surface area contributed by atoms with Crippen molar-refractivity contribution in [2.24, 2.45) is 0 Å². The first-order chi connectivity index (χ1) is 16.5. The molecule has 0 spiro atoms. The topological polar surface area (TPSA) is 55.8 Å². The number of carboxylic acids is 1. The van der Waals surface area contributed by atoms with Crippen LogP contribution in [0.2, 0.25) is 0 Å². The van der Waals surface area contributed by atoms with E-state index < -0.39 is 5.97 Å². The van der Waals surface area contributed by atoms with Crippen LogP contribution in [0, 0.1) is 0 Å². The van der Waals surface area contributed by atoms with Crippen molar-refractivity contribution in [3.05, 3.63) is 83.9 Å². The summed E-state index contributed by atoms with van der Waals surface area (Å²) < 4.78 is 10.9. The van der Waals surface area contributed by atoms with Crippen molar-refractivity contribution in [1.29, 1.82) is 0 Å². The number of benzene rings is 3. The molecule has 1 aromatic heterocycles. The molecule has 0 radical (unpaired) electrons. The molecule has 0 saturated carbocycles. The summed E-state index contributed by atoms with van der Waals surface area (Å²) in [7, 11) is 4.04. The van der Waals surface area contributed by atoms with Crippen LogP contribution in [-0.2, 0) is 5.75 Å². The van der Waals surface area contributed by atoms with Crippen molar-refractivity contribution >= 4 is 43.0 Å². The van der Waals surface area contributed by atoms with Crippen LogP contribution in [0.3, 0.4) is 0 Å². The highest BCUT2D eigenvalue weighted by atomic mass is 32.2. The summed E-state index contributed by atoms with van der Waals surface area (Å²) in [6, 6.07) is 24.0. The predicted molar refractivity (Wildman–Crippen MR) is 145 cm³/mol. The zero-order valence-corrected chi connectivity index (χ0v) is 21.8. The third kappa shape index (κ3) is 5.47. The van der Waals surface area contributed by atoms with E-state index in [9.17, 15) is 9.90 Å². The van der Waals surface area contributed by atoms with Crippen molar-refractivity contribution < 1.29 is 19.4 Å². The standard InChI is InChI=1S/C27H25O4PS2/c1-30-23-12-11-19(13-24(23)31-2)25-14-20(16-33-22-6-4-5-21(15-22)32-3)26(34-25)17-7-9-18(10-8-17)27(28)29/h4-15,32H,16H2,1-3H3,(H,28,29). The summed E-state index contributed by atoms with van der Waals surface area (Å²) >= 11 is 3.51. The molecular weight excluding hydrogens is 483 g/mol. The third-order valence-electron chi connectivity index (χ3n) is 5.39. The van der Waals surface area contributed by atoms with Gasteiger partial charge in [0.2, 0.25) is 0 Å². The van der Waals surface area contributed by atoms with Gasteiger partial charge in [-0.3, -0.25) is 0 Å². The van der Waals surface area contributed by atoms with E-state index in [2.05, 4.69) is 37.0 Å². The predicted octanol–water partition coefficient (Wildman–Crippen LogP) is 7.02. The number of thioether (sulfide) groups is 1. The van der Waals surface area contributed by atoms with E-state index >= 15 is 0 Å². The van der Waals surface area contributed by atoms with Gasteiger partial charge in [-0.1, -0.05) is 32.8 Å². The van der Waals surface area contributed by atoms with Gasteiger partial charge in [-0.05, 0) is 77.2 Å². The first-order valence-electron chi connectivity index (χ1n) is 10.6. The Morgan fingerprint density at radius 1 is 0.941 bits per heavy atom. The van der Waals surface area contributed by atoms with E-state index in [0.29, 0.717) is 11.5 Å². The minimum absolute atomic E-state index is 0.286. The monoisotopic (exact) mass is 508 g/mol.